The van der Waals surface area contributed by atoms with E-state index in [2.05, 4.69) is 48.0 Å². The van der Waals surface area contributed by atoms with Gasteiger partial charge in [0, 0.05) is 25.2 Å². The first-order valence-corrected chi connectivity index (χ1v) is 15.8. The zero-order chi connectivity index (χ0) is 32.6. The number of hydrogen-bond donors (Lipinski definition) is 3. The van der Waals surface area contributed by atoms with Crippen molar-refractivity contribution >= 4 is 35.2 Å². The number of carbonyl (C=O) groups is 5. The Morgan fingerprint density at radius 2 is 1.65 bits per heavy atom. The summed E-state index contributed by atoms with van der Waals surface area (Å²) >= 11 is 0. The van der Waals surface area contributed by atoms with Crippen LogP contribution in [0.4, 0.5) is 5.69 Å². The van der Waals surface area contributed by atoms with Gasteiger partial charge in [0.1, 0.15) is 11.8 Å². The summed E-state index contributed by atoms with van der Waals surface area (Å²) in [6.45, 7) is 5.30. The minimum atomic E-state index is -0.990. The molecular weight excluding hydrogens is 584 g/mol. The van der Waals surface area contributed by atoms with Crippen molar-refractivity contribution in [1.82, 2.24) is 15.5 Å². The molecule has 0 aromatic heterocycles. The minimum absolute atomic E-state index is 0.0515. The molecule has 2 aliphatic heterocycles. The normalized spacial score (nSPS) is 15.9. The molecule has 46 heavy (non-hydrogen) atoms. The van der Waals surface area contributed by atoms with Gasteiger partial charge in [-0.3, -0.25) is 34.2 Å². The molecule has 0 spiro atoms. The summed E-state index contributed by atoms with van der Waals surface area (Å²) in [7, 11) is 0. The summed E-state index contributed by atoms with van der Waals surface area (Å²) < 4.78 is 5.87. The van der Waals surface area contributed by atoms with Gasteiger partial charge in [-0.15, -0.1) is 0 Å². The van der Waals surface area contributed by atoms with Crippen molar-refractivity contribution in [2.45, 2.75) is 64.8 Å². The number of nitrogens with zero attached hydrogens (tertiary/aromatic N) is 1. The summed E-state index contributed by atoms with van der Waals surface area (Å²) in [6.07, 6.45) is 4.53. The lowest BCUT2D eigenvalue weighted by molar-refractivity contribution is -0.136. The largest absolute Gasteiger partial charge is 0.483 e. The third kappa shape index (κ3) is 7.80. The molecule has 3 aromatic carbocycles. The number of aryl methyl sites for hydroxylation is 4. The lowest BCUT2D eigenvalue weighted by Gasteiger charge is -2.27. The van der Waals surface area contributed by atoms with Crippen molar-refractivity contribution in [1.29, 1.82) is 0 Å². The van der Waals surface area contributed by atoms with E-state index < -0.39 is 29.7 Å². The van der Waals surface area contributed by atoms with Crippen LogP contribution in [0.1, 0.15) is 75.1 Å². The van der Waals surface area contributed by atoms with Gasteiger partial charge in [0.2, 0.25) is 11.8 Å². The van der Waals surface area contributed by atoms with E-state index in [1.54, 1.807) is 18.2 Å². The van der Waals surface area contributed by atoms with Gasteiger partial charge < -0.3 is 15.4 Å². The molecule has 1 saturated heterocycles. The number of nitrogens with one attached hydrogen (secondary N) is 3. The zero-order valence-electron chi connectivity index (χ0n) is 26.3. The highest BCUT2D eigenvalue weighted by Crippen LogP contribution is 2.29. The van der Waals surface area contributed by atoms with Crippen molar-refractivity contribution in [3.63, 3.8) is 0 Å². The van der Waals surface area contributed by atoms with Crippen molar-refractivity contribution in [3.8, 4) is 5.75 Å². The summed E-state index contributed by atoms with van der Waals surface area (Å²) in [5.74, 6) is -1.56. The predicted molar refractivity (Wildman–Crippen MR) is 174 cm³/mol. The Morgan fingerprint density at radius 3 is 2.46 bits per heavy atom. The number of rotatable bonds is 14. The third-order valence-corrected chi connectivity index (χ3v) is 8.51. The second kappa shape index (κ2) is 14.9. The van der Waals surface area contributed by atoms with E-state index in [4.69, 9.17) is 4.74 Å². The van der Waals surface area contributed by atoms with Crippen LogP contribution in [-0.2, 0) is 27.2 Å². The van der Waals surface area contributed by atoms with E-state index in [1.165, 1.54) is 16.7 Å². The van der Waals surface area contributed by atoms with Crippen LogP contribution in [-0.4, -0.2) is 60.2 Å². The maximum Gasteiger partial charge on any atom is 0.262 e. The number of hydrogen-bond acceptors (Lipinski definition) is 7. The number of ether oxygens (including phenoxy) is 1. The lowest BCUT2D eigenvalue weighted by Crippen LogP contribution is -2.54. The molecule has 3 N–H and O–H groups in total. The molecule has 10 nitrogen and oxygen atoms in total. The predicted octanol–water partition coefficient (Wildman–Crippen LogP) is 4.27. The molecular formula is C36H40N4O6. The third-order valence-electron chi connectivity index (χ3n) is 8.51. The van der Waals surface area contributed by atoms with Gasteiger partial charge in [0.15, 0.2) is 6.61 Å². The van der Waals surface area contributed by atoms with E-state index in [-0.39, 0.29) is 36.5 Å². The molecule has 5 rings (SSSR count). The molecule has 10 heteroatoms. The molecule has 2 heterocycles. The molecule has 1 atom stereocenters. The summed E-state index contributed by atoms with van der Waals surface area (Å²) in [5, 5.41) is 8.35. The van der Waals surface area contributed by atoms with Gasteiger partial charge >= 0.3 is 0 Å². The van der Waals surface area contributed by atoms with Crippen molar-refractivity contribution < 1.29 is 28.7 Å². The lowest BCUT2D eigenvalue weighted by atomic mass is 10.0. The van der Waals surface area contributed by atoms with E-state index in [0.29, 0.717) is 18.8 Å². The van der Waals surface area contributed by atoms with Gasteiger partial charge in [0.05, 0.1) is 11.1 Å². The SMILES string of the molecule is Cc1ccc(CCCc2ccccc2OCC(=O)NCCCCNc2ccc3c(c2)C(=O)N(C2CCC(=O)NC2=O)C3=O)cc1C. The Bertz CT molecular complexity index is 1650. The highest BCUT2D eigenvalue weighted by molar-refractivity contribution is 6.23. The Morgan fingerprint density at radius 1 is 0.870 bits per heavy atom. The van der Waals surface area contributed by atoms with Crippen molar-refractivity contribution in [2.75, 3.05) is 25.0 Å². The van der Waals surface area contributed by atoms with E-state index in [0.717, 1.165) is 48.3 Å². The van der Waals surface area contributed by atoms with E-state index >= 15 is 0 Å². The fourth-order valence-electron chi connectivity index (χ4n) is 5.78. The second-order valence-corrected chi connectivity index (χ2v) is 11.9. The number of imide groups is 2. The smallest absolute Gasteiger partial charge is 0.262 e. The topological polar surface area (TPSA) is 134 Å². The second-order valence-electron chi connectivity index (χ2n) is 11.9. The van der Waals surface area contributed by atoms with Crippen LogP contribution in [0.15, 0.2) is 60.7 Å². The first-order chi connectivity index (χ1) is 22.2. The Kier molecular flexibility index (Phi) is 10.5. The monoisotopic (exact) mass is 624 g/mol. The van der Waals surface area contributed by atoms with Gasteiger partial charge in [-0.2, -0.15) is 0 Å². The van der Waals surface area contributed by atoms with E-state index in [1.807, 2.05) is 24.3 Å². The van der Waals surface area contributed by atoms with Gasteiger partial charge in [-0.25, -0.2) is 0 Å². The van der Waals surface area contributed by atoms with E-state index in [9.17, 15) is 24.0 Å². The molecule has 240 valence electrons. The number of fused-ring (bicyclic) bond motifs is 1. The minimum Gasteiger partial charge on any atom is -0.483 e. The Hall–Kier alpha value is -4.99. The number of amides is 5. The van der Waals surface area contributed by atoms with Gasteiger partial charge in [-0.05, 0) is 98.9 Å². The molecule has 3 aromatic rings. The van der Waals surface area contributed by atoms with Crippen LogP contribution < -0.4 is 20.7 Å². The maximum absolute atomic E-state index is 13.0. The number of unbranched alkanes of at least 4 members (excludes halogenated alkanes) is 1. The summed E-state index contributed by atoms with van der Waals surface area (Å²) in [4.78, 5) is 63.0. The van der Waals surface area contributed by atoms with Crippen molar-refractivity contribution in [2.24, 2.45) is 0 Å². The van der Waals surface area contributed by atoms with Gasteiger partial charge in [0.25, 0.3) is 17.7 Å². The number of benzene rings is 3. The Labute approximate surface area is 268 Å². The van der Waals surface area contributed by atoms with Crippen LogP contribution in [0, 0.1) is 13.8 Å². The molecule has 1 fully saturated rings. The molecule has 0 bridgehead atoms. The molecule has 0 saturated carbocycles. The van der Waals surface area contributed by atoms with Crippen molar-refractivity contribution in [3.05, 3.63) is 94.0 Å². The average Bonchev–Trinajstić information content (AvgIpc) is 3.28. The number of piperidine rings is 1. The number of carbonyl (C=O) groups excluding carboxylic acids is 5. The van der Waals surface area contributed by atoms with Crippen LogP contribution >= 0.6 is 0 Å². The zero-order valence-corrected chi connectivity index (χ0v) is 26.3. The number of para-hydroxylation sites is 1. The highest BCUT2D eigenvalue weighted by Gasteiger charge is 2.44. The maximum atomic E-state index is 13.0. The Balaban J connectivity index is 0.999. The van der Waals surface area contributed by atoms with Crippen LogP contribution in [0.2, 0.25) is 0 Å². The fraction of sp³-hybridized carbons (Fsp3) is 0.361. The highest BCUT2D eigenvalue weighted by atomic mass is 16.5. The molecule has 0 aliphatic carbocycles. The average molecular weight is 625 g/mol. The van der Waals surface area contributed by atoms with Crippen LogP contribution in [0.25, 0.3) is 0 Å². The van der Waals surface area contributed by atoms with Crippen LogP contribution in [0.3, 0.4) is 0 Å². The van der Waals surface area contributed by atoms with Gasteiger partial charge in [-0.1, -0.05) is 36.4 Å². The standard InChI is InChI=1S/C36H40N4O6/c1-23-12-13-25(20-24(23)2)8-7-10-26-9-3-4-11-31(26)46-22-33(42)38-19-6-5-18-37-27-14-15-28-29(21-27)36(45)40(35(28)44)30-16-17-32(41)39-34(30)43/h3-4,9,11-15,20-21,30,37H,5-8,10,16-19,22H2,1-2H3,(H,38,42)(H,39,41,43). The quantitative estimate of drug-likeness (QED) is 0.180. The number of anilines is 1. The summed E-state index contributed by atoms with van der Waals surface area (Å²) in [6, 6.07) is 18.4. The molecule has 1 unspecified atom stereocenters. The first-order valence-electron chi connectivity index (χ1n) is 15.8. The molecule has 2 aliphatic rings. The molecule has 5 amide bonds. The fourth-order valence-corrected chi connectivity index (χ4v) is 5.78. The summed E-state index contributed by atoms with van der Waals surface area (Å²) in [5.41, 5.74) is 6.17. The van der Waals surface area contributed by atoms with Crippen LogP contribution in [0.5, 0.6) is 5.75 Å². The molecule has 0 radical (unpaired) electrons. The first kappa shape index (κ1) is 32.4.